The van der Waals surface area contributed by atoms with Crippen LogP contribution in [-0.2, 0) is 32.0 Å². The molecule has 1 atom stereocenters. The Morgan fingerprint density at radius 1 is 0.864 bits per heavy atom. The molecule has 134 valence electrons. The minimum Gasteiger partial charge on any atom is -0.364 e. The standard InChI is InChI=1S/C12H29NO7P2/c1-7-20-12(2)13(8-10-21(14,16-3)17-4)9-11-22(15,18-5)19-6/h12H,7-11H2,1-6H3. The fraction of sp³-hybridized carbons (Fsp3) is 1.00. The highest BCUT2D eigenvalue weighted by molar-refractivity contribution is 7.54. The van der Waals surface area contributed by atoms with Gasteiger partial charge in [-0.3, -0.25) is 14.0 Å². The van der Waals surface area contributed by atoms with Gasteiger partial charge in [-0.1, -0.05) is 0 Å². The van der Waals surface area contributed by atoms with E-state index in [4.69, 9.17) is 22.8 Å². The summed E-state index contributed by atoms with van der Waals surface area (Å²) in [5, 5.41) is 0. The van der Waals surface area contributed by atoms with Crippen LogP contribution in [0.4, 0.5) is 0 Å². The van der Waals surface area contributed by atoms with Crippen molar-refractivity contribution in [2.24, 2.45) is 0 Å². The molecule has 22 heavy (non-hydrogen) atoms. The second kappa shape index (κ2) is 10.9. The molecule has 10 heteroatoms. The Morgan fingerprint density at radius 2 is 1.23 bits per heavy atom. The molecule has 0 saturated carbocycles. The summed E-state index contributed by atoms with van der Waals surface area (Å²) in [4.78, 5) is 1.90. The molecule has 0 aliphatic rings. The molecule has 0 amide bonds. The van der Waals surface area contributed by atoms with E-state index in [-0.39, 0.29) is 18.6 Å². The number of hydrogen-bond donors (Lipinski definition) is 0. The Balaban J connectivity index is 4.77. The average Bonchev–Trinajstić information content (AvgIpc) is 2.54. The quantitative estimate of drug-likeness (QED) is 0.366. The van der Waals surface area contributed by atoms with Gasteiger partial charge < -0.3 is 22.8 Å². The minimum absolute atomic E-state index is 0.210. The molecule has 1 unspecified atom stereocenters. The van der Waals surface area contributed by atoms with Crippen LogP contribution >= 0.6 is 15.2 Å². The van der Waals surface area contributed by atoms with Gasteiger partial charge in [0, 0.05) is 48.1 Å². The highest BCUT2D eigenvalue weighted by atomic mass is 31.2. The molecule has 0 N–H and O–H groups in total. The van der Waals surface area contributed by atoms with Crippen LogP contribution in [0.5, 0.6) is 0 Å². The lowest BCUT2D eigenvalue weighted by molar-refractivity contribution is -0.0371. The molecule has 0 bridgehead atoms. The first-order valence-corrected chi connectivity index (χ1v) is 10.5. The number of nitrogens with zero attached hydrogens (tertiary/aromatic N) is 1. The lowest BCUT2D eigenvalue weighted by Crippen LogP contribution is -2.39. The van der Waals surface area contributed by atoms with E-state index in [0.717, 1.165) is 0 Å². The van der Waals surface area contributed by atoms with Crippen molar-refractivity contribution >= 4 is 15.2 Å². The van der Waals surface area contributed by atoms with Gasteiger partial charge in [0.2, 0.25) is 0 Å². The monoisotopic (exact) mass is 361 g/mol. The Morgan fingerprint density at radius 3 is 1.50 bits per heavy atom. The van der Waals surface area contributed by atoms with Gasteiger partial charge in [-0.05, 0) is 13.8 Å². The molecule has 8 nitrogen and oxygen atoms in total. The summed E-state index contributed by atoms with van der Waals surface area (Å²) in [5.41, 5.74) is 0. The Kier molecular flexibility index (Phi) is 11.0. The van der Waals surface area contributed by atoms with Crippen LogP contribution in [0.15, 0.2) is 0 Å². The number of hydrogen-bond acceptors (Lipinski definition) is 8. The molecule has 0 saturated heterocycles. The Hall–Kier alpha value is 0.220. The van der Waals surface area contributed by atoms with Gasteiger partial charge in [-0.15, -0.1) is 0 Å². The third-order valence-electron chi connectivity index (χ3n) is 3.36. The number of rotatable bonds is 13. The van der Waals surface area contributed by atoms with Gasteiger partial charge in [0.05, 0.1) is 12.3 Å². The molecule has 0 aromatic heterocycles. The maximum atomic E-state index is 12.1. The lowest BCUT2D eigenvalue weighted by atomic mass is 10.4. The second-order valence-corrected chi connectivity index (χ2v) is 9.29. The van der Waals surface area contributed by atoms with E-state index in [1.165, 1.54) is 28.4 Å². The fourth-order valence-electron chi connectivity index (χ4n) is 1.84. The van der Waals surface area contributed by atoms with Crippen molar-refractivity contribution in [2.45, 2.75) is 20.1 Å². The maximum Gasteiger partial charge on any atom is 0.331 e. The zero-order valence-corrected chi connectivity index (χ0v) is 16.1. The van der Waals surface area contributed by atoms with Crippen molar-refractivity contribution in [1.82, 2.24) is 4.90 Å². The van der Waals surface area contributed by atoms with Crippen molar-refractivity contribution < 1.29 is 32.0 Å². The third-order valence-corrected chi connectivity index (χ3v) is 7.08. The van der Waals surface area contributed by atoms with E-state index in [0.29, 0.717) is 19.7 Å². The SMILES string of the molecule is CCOC(C)N(CCP(=O)(OC)OC)CCP(=O)(OC)OC. The molecule has 0 aliphatic carbocycles. The van der Waals surface area contributed by atoms with Crippen molar-refractivity contribution in [2.75, 3.05) is 60.5 Å². The molecule has 0 spiro atoms. The average molecular weight is 361 g/mol. The van der Waals surface area contributed by atoms with Crippen LogP contribution in [-0.4, -0.2) is 71.6 Å². The normalized spacial score (nSPS) is 14.5. The molecule has 0 aliphatic heterocycles. The van der Waals surface area contributed by atoms with Gasteiger partial charge >= 0.3 is 15.2 Å². The summed E-state index contributed by atoms with van der Waals surface area (Å²) < 4.78 is 49.5. The summed E-state index contributed by atoms with van der Waals surface area (Å²) in [7, 11) is -0.794. The molecular formula is C12H29NO7P2. The van der Waals surface area contributed by atoms with Gasteiger partial charge in [-0.25, -0.2) is 0 Å². The first kappa shape index (κ1) is 22.2. The smallest absolute Gasteiger partial charge is 0.331 e. The van der Waals surface area contributed by atoms with Crippen LogP contribution in [0, 0.1) is 0 Å². The van der Waals surface area contributed by atoms with Crippen LogP contribution < -0.4 is 0 Å². The van der Waals surface area contributed by atoms with E-state index in [2.05, 4.69) is 0 Å². The summed E-state index contributed by atoms with van der Waals surface area (Å²) in [6.45, 7) is 5.12. The molecule has 0 heterocycles. The van der Waals surface area contributed by atoms with Crippen LogP contribution in [0.1, 0.15) is 13.8 Å². The predicted molar refractivity (Wildman–Crippen MR) is 85.6 cm³/mol. The minimum atomic E-state index is -3.10. The summed E-state index contributed by atoms with van der Waals surface area (Å²) in [6, 6.07) is 0. The van der Waals surface area contributed by atoms with Gasteiger partial charge in [0.25, 0.3) is 0 Å². The van der Waals surface area contributed by atoms with Gasteiger partial charge in [0.1, 0.15) is 6.23 Å². The lowest BCUT2D eigenvalue weighted by Gasteiger charge is -2.30. The summed E-state index contributed by atoms with van der Waals surface area (Å²) in [6.07, 6.45) is 0.193. The zero-order chi connectivity index (χ0) is 17.2. The summed E-state index contributed by atoms with van der Waals surface area (Å²) in [5.74, 6) is 0. The van der Waals surface area contributed by atoms with E-state index < -0.39 is 15.2 Å². The maximum absolute atomic E-state index is 12.1. The van der Waals surface area contributed by atoms with Crippen LogP contribution in [0.25, 0.3) is 0 Å². The second-order valence-electron chi connectivity index (χ2n) is 4.49. The number of ether oxygens (including phenoxy) is 1. The molecule has 0 radical (unpaired) electrons. The predicted octanol–water partition coefficient (Wildman–Crippen LogP) is 2.64. The van der Waals surface area contributed by atoms with E-state index in [9.17, 15) is 9.13 Å². The Labute approximate surface area is 133 Å². The topological polar surface area (TPSA) is 83.5 Å². The third kappa shape index (κ3) is 7.66. The van der Waals surface area contributed by atoms with Crippen molar-refractivity contribution in [1.29, 1.82) is 0 Å². The fourth-order valence-corrected chi connectivity index (χ4v) is 3.87. The summed E-state index contributed by atoms with van der Waals surface area (Å²) >= 11 is 0. The van der Waals surface area contributed by atoms with Crippen LogP contribution in [0.3, 0.4) is 0 Å². The van der Waals surface area contributed by atoms with E-state index in [1.54, 1.807) is 0 Å². The van der Waals surface area contributed by atoms with Crippen molar-refractivity contribution in [3.8, 4) is 0 Å². The molecule has 0 fully saturated rings. The molecular weight excluding hydrogens is 332 g/mol. The van der Waals surface area contributed by atoms with Crippen LogP contribution in [0.2, 0.25) is 0 Å². The molecule has 0 aromatic carbocycles. The largest absolute Gasteiger partial charge is 0.364 e. The highest BCUT2D eigenvalue weighted by Crippen LogP contribution is 2.47. The first-order chi connectivity index (χ1) is 10.3. The molecule has 0 aromatic rings. The molecule has 0 rings (SSSR count). The van der Waals surface area contributed by atoms with Crippen molar-refractivity contribution in [3.05, 3.63) is 0 Å². The highest BCUT2D eigenvalue weighted by Gasteiger charge is 2.27. The zero-order valence-electron chi connectivity index (χ0n) is 14.3. The Bertz CT molecular complexity index is 348. The van der Waals surface area contributed by atoms with E-state index in [1.807, 2.05) is 18.7 Å². The van der Waals surface area contributed by atoms with Gasteiger partial charge in [-0.2, -0.15) is 0 Å². The van der Waals surface area contributed by atoms with Crippen molar-refractivity contribution in [3.63, 3.8) is 0 Å². The first-order valence-electron chi connectivity index (χ1n) is 7.06. The van der Waals surface area contributed by atoms with Gasteiger partial charge in [0.15, 0.2) is 0 Å². The van der Waals surface area contributed by atoms with E-state index >= 15 is 0 Å².